The lowest BCUT2D eigenvalue weighted by Gasteiger charge is -2.34. The molecule has 1 atom stereocenters. The SMILES string of the molecule is OCC1COCCN1Cc1cccc(Cl)n1. The summed E-state index contributed by atoms with van der Waals surface area (Å²) in [7, 11) is 0. The van der Waals surface area contributed by atoms with Crippen LogP contribution in [0.1, 0.15) is 5.69 Å². The Morgan fingerprint density at radius 3 is 3.19 bits per heavy atom. The number of aliphatic hydroxyl groups excluding tert-OH is 1. The zero-order valence-corrected chi connectivity index (χ0v) is 9.73. The van der Waals surface area contributed by atoms with E-state index < -0.39 is 0 Å². The van der Waals surface area contributed by atoms with Crippen LogP contribution in [-0.2, 0) is 11.3 Å². The summed E-state index contributed by atoms with van der Waals surface area (Å²) in [5, 5.41) is 9.73. The van der Waals surface area contributed by atoms with Gasteiger partial charge in [-0.15, -0.1) is 0 Å². The smallest absolute Gasteiger partial charge is 0.129 e. The van der Waals surface area contributed by atoms with Gasteiger partial charge in [-0.2, -0.15) is 0 Å². The number of hydrogen-bond donors (Lipinski definition) is 1. The summed E-state index contributed by atoms with van der Waals surface area (Å²) in [5.41, 5.74) is 0.924. The molecule has 0 aliphatic carbocycles. The van der Waals surface area contributed by atoms with E-state index in [4.69, 9.17) is 16.3 Å². The highest BCUT2D eigenvalue weighted by atomic mass is 35.5. The van der Waals surface area contributed by atoms with Crippen LogP contribution in [0.15, 0.2) is 18.2 Å². The molecule has 0 aromatic carbocycles. The highest BCUT2D eigenvalue weighted by Crippen LogP contribution is 2.12. The Bertz CT molecular complexity index is 349. The van der Waals surface area contributed by atoms with Crippen LogP contribution in [0.3, 0.4) is 0 Å². The van der Waals surface area contributed by atoms with E-state index in [9.17, 15) is 5.11 Å². The lowest BCUT2D eigenvalue weighted by molar-refractivity contribution is -0.0317. The Labute approximate surface area is 99.8 Å². The topological polar surface area (TPSA) is 45.6 Å². The molecule has 0 bridgehead atoms. The minimum absolute atomic E-state index is 0.0644. The number of ether oxygens (including phenoxy) is 1. The second kappa shape index (κ2) is 5.59. The third kappa shape index (κ3) is 2.92. The summed E-state index contributed by atoms with van der Waals surface area (Å²) < 4.78 is 5.32. The zero-order chi connectivity index (χ0) is 11.4. The van der Waals surface area contributed by atoms with Gasteiger partial charge in [-0.25, -0.2) is 4.98 Å². The molecule has 5 heteroatoms. The van der Waals surface area contributed by atoms with Crippen LogP contribution in [0.4, 0.5) is 0 Å². The van der Waals surface area contributed by atoms with Gasteiger partial charge in [-0.1, -0.05) is 17.7 Å². The van der Waals surface area contributed by atoms with E-state index in [0.29, 0.717) is 24.9 Å². The van der Waals surface area contributed by atoms with Crippen molar-refractivity contribution in [3.63, 3.8) is 0 Å². The van der Waals surface area contributed by atoms with E-state index in [1.165, 1.54) is 0 Å². The van der Waals surface area contributed by atoms with Gasteiger partial charge in [0.2, 0.25) is 0 Å². The van der Waals surface area contributed by atoms with E-state index in [2.05, 4.69) is 9.88 Å². The predicted octanol–water partition coefficient (Wildman–Crippen LogP) is 0.928. The third-order valence-corrected chi connectivity index (χ3v) is 2.91. The van der Waals surface area contributed by atoms with Crippen LogP contribution in [0.5, 0.6) is 0 Å². The van der Waals surface area contributed by atoms with Crippen molar-refractivity contribution in [2.75, 3.05) is 26.4 Å². The summed E-state index contributed by atoms with van der Waals surface area (Å²) in [4.78, 5) is 6.41. The van der Waals surface area contributed by atoms with Gasteiger partial charge in [0.1, 0.15) is 5.15 Å². The van der Waals surface area contributed by atoms with E-state index in [1.54, 1.807) is 6.07 Å². The van der Waals surface area contributed by atoms with Crippen LogP contribution in [-0.4, -0.2) is 47.4 Å². The van der Waals surface area contributed by atoms with Crippen molar-refractivity contribution < 1.29 is 9.84 Å². The fourth-order valence-electron chi connectivity index (χ4n) is 1.81. The number of aromatic nitrogens is 1. The highest BCUT2D eigenvalue weighted by Gasteiger charge is 2.22. The van der Waals surface area contributed by atoms with E-state index >= 15 is 0 Å². The molecule has 4 nitrogen and oxygen atoms in total. The van der Waals surface area contributed by atoms with Crippen LogP contribution in [0.25, 0.3) is 0 Å². The van der Waals surface area contributed by atoms with Gasteiger partial charge in [0.05, 0.1) is 31.6 Å². The number of halogens is 1. The molecule has 1 aromatic rings. The molecule has 16 heavy (non-hydrogen) atoms. The molecule has 1 fully saturated rings. The molecule has 0 amide bonds. The first-order valence-electron chi connectivity index (χ1n) is 5.33. The maximum absolute atomic E-state index is 9.23. The zero-order valence-electron chi connectivity index (χ0n) is 8.97. The minimum Gasteiger partial charge on any atom is -0.395 e. The predicted molar refractivity (Wildman–Crippen MR) is 61.3 cm³/mol. The fraction of sp³-hybridized carbons (Fsp3) is 0.545. The van der Waals surface area contributed by atoms with Crippen molar-refractivity contribution in [1.82, 2.24) is 9.88 Å². The third-order valence-electron chi connectivity index (χ3n) is 2.70. The van der Waals surface area contributed by atoms with Crippen LogP contribution in [0, 0.1) is 0 Å². The lowest BCUT2D eigenvalue weighted by Crippen LogP contribution is -2.46. The molecule has 1 aromatic heterocycles. The number of aliphatic hydroxyl groups is 1. The van der Waals surface area contributed by atoms with Crippen LogP contribution < -0.4 is 0 Å². The quantitative estimate of drug-likeness (QED) is 0.801. The van der Waals surface area contributed by atoms with Crippen LogP contribution in [0.2, 0.25) is 5.15 Å². The number of pyridine rings is 1. The van der Waals surface area contributed by atoms with Gasteiger partial charge in [0, 0.05) is 13.1 Å². The second-order valence-electron chi connectivity index (χ2n) is 3.83. The maximum atomic E-state index is 9.23. The molecule has 0 saturated carbocycles. The Kier molecular flexibility index (Phi) is 4.12. The Hall–Kier alpha value is -0.680. The van der Waals surface area contributed by atoms with Crippen molar-refractivity contribution in [3.05, 3.63) is 29.0 Å². The summed E-state index contributed by atoms with van der Waals surface area (Å²) in [5.74, 6) is 0. The van der Waals surface area contributed by atoms with Gasteiger partial charge in [0.25, 0.3) is 0 Å². The molecule has 1 N–H and O–H groups in total. The van der Waals surface area contributed by atoms with Gasteiger partial charge in [-0.3, -0.25) is 4.90 Å². The van der Waals surface area contributed by atoms with E-state index in [1.807, 2.05) is 12.1 Å². The number of hydrogen-bond acceptors (Lipinski definition) is 4. The highest BCUT2D eigenvalue weighted by molar-refractivity contribution is 6.29. The molecule has 1 aliphatic heterocycles. The van der Waals surface area contributed by atoms with Crippen molar-refractivity contribution in [1.29, 1.82) is 0 Å². The van der Waals surface area contributed by atoms with Crippen molar-refractivity contribution in [2.24, 2.45) is 0 Å². The number of nitrogens with zero attached hydrogens (tertiary/aromatic N) is 2. The first-order chi connectivity index (χ1) is 7.79. The van der Waals surface area contributed by atoms with Gasteiger partial charge in [0.15, 0.2) is 0 Å². The Morgan fingerprint density at radius 1 is 1.56 bits per heavy atom. The van der Waals surface area contributed by atoms with Crippen molar-refractivity contribution in [3.8, 4) is 0 Å². The molecule has 1 saturated heterocycles. The summed E-state index contributed by atoms with van der Waals surface area (Å²) in [6.07, 6.45) is 0. The van der Waals surface area contributed by atoms with Crippen molar-refractivity contribution >= 4 is 11.6 Å². The summed E-state index contributed by atoms with van der Waals surface area (Å²) in [6.45, 7) is 2.92. The Balaban J connectivity index is 2.02. The summed E-state index contributed by atoms with van der Waals surface area (Å²) in [6, 6.07) is 5.65. The Morgan fingerprint density at radius 2 is 2.44 bits per heavy atom. The molecular weight excluding hydrogens is 228 g/mol. The molecule has 1 unspecified atom stereocenters. The maximum Gasteiger partial charge on any atom is 0.129 e. The molecule has 1 aliphatic rings. The van der Waals surface area contributed by atoms with Crippen LogP contribution >= 0.6 is 11.6 Å². The van der Waals surface area contributed by atoms with Gasteiger partial charge in [-0.05, 0) is 12.1 Å². The van der Waals surface area contributed by atoms with E-state index in [-0.39, 0.29) is 12.6 Å². The normalized spacial score (nSPS) is 22.2. The molecule has 2 heterocycles. The first-order valence-corrected chi connectivity index (χ1v) is 5.71. The molecular formula is C11H15ClN2O2. The first kappa shape index (κ1) is 11.8. The van der Waals surface area contributed by atoms with E-state index in [0.717, 1.165) is 12.2 Å². The fourth-order valence-corrected chi connectivity index (χ4v) is 1.99. The monoisotopic (exact) mass is 242 g/mol. The lowest BCUT2D eigenvalue weighted by atomic mass is 10.2. The minimum atomic E-state index is 0.0644. The summed E-state index contributed by atoms with van der Waals surface area (Å²) >= 11 is 5.83. The molecule has 0 radical (unpaired) electrons. The molecule has 2 rings (SSSR count). The average Bonchev–Trinajstić information content (AvgIpc) is 2.30. The molecule has 0 spiro atoms. The van der Waals surface area contributed by atoms with Crippen molar-refractivity contribution in [2.45, 2.75) is 12.6 Å². The van der Waals surface area contributed by atoms with Gasteiger partial charge >= 0.3 is 0 Å². The number of morpholine rings is 1. The van der Waals surface area contributed by atoms with Gasteiger partial charge < -0.3 is 9.84 Å². The number of rotatable bonds is 3. The largest absolute Gasteiger partial charge is 0.395 e. The standard InChI is InChI=1S/C11H15ClN2O2/c12-11-3-1-2-9(13-11)6-14-4-5-16-8-10(14)7-15/h1-3,10,15H,4-8H2. The average molecular weight is 243 g/mol. The second-order valence-corrected chi connectivity index (χ2v) is 4.22. The molecule has 88 valence electrons.